The SMILES string of the molecule is N#Cc1cc(NCc2ccc(F)cc2)nc(Nc2cnccn2)c1. The lowest BCUT2D eigenvalue weighted by Crippen LogP contribution is -2.04. The Morgan fingerprint density at radius 2 is 1.83 bits per heavy atom. The molecule has 7 heteroatoms. The predicted octanol–water partition coefficient (Wildman–Crippen LogP) is 3.24. The highest BCUT2D eigenvalue weighted by atomic mass is 19.1. The van der Waals surface area contributed by atoms with E-state index >= 15 is 0 Å². The van der Waals surface area contributed by atoms with E-state index in [0.29, 0.717) is 29.6 Å². The normalized spacial score (nSPS) is 10.0. The minimum absolute atomic E-state index is 0.279. The fraction of sp³-hybridized carbons (Fsp3) is 0.0588. The second-order valence-corrected chi connectivity index (χ2v) is 4.93. The number of benzene rings is 1. The number of aromatic nitrogens is 3. The maximum atomic E-state index is 12.9. The van der Waals surface area contributed by atoms with Crippen molar-refractivity contribution in [3.05, 3.63) is 71.9 Å². The van der Waals surface area contributed by atoms with E-state index in [1.54, 1.807) is 42.9 Å². The molecule has 0 radical (unpaired) electrons. The molecule has 0 saturated carbocycles. The van der Waals surface area contributed by atoms with E-state index in [1.165, 1.54) is 12.1 Å². The van der Waals surface area contributed by atoms with E-state index in [1.807, 2.05) is 0 Å². The van der Waals surface area contributed by atoms with Gasteiger partial charge in [0, 0.05) is 18.9 Å². The first-order valence-corrected chi connectivity index (χ1v) is 7.16. The highest BCUT2D eigenvalue weighted by molar-refractivity contribution is 5.58. The molecule has 0 aliphatic rings. The quantitative estimate of drug-likeness (QED) is 0.750. The highest BCUT2D eigenvalue weighted by Crippen LogP contribution is 2.17. The lowest BCUT2D eigenvalue weighted by atomic mass is 10.2. The maximum Gasteiger partial charge on any atom is 0.150 e. The van der Waals surface area contributed by atoms with Crippen LogP contribution in [0.15, 0.2) is 55.0 Å². The average molecular weight is 320 g/mol. The third kappa shape index (κ3) is 4.01. The molecule has 0 bridgehead atoms. The summed E-state index contributed by atoms with van der Waals surface area (Å²) in [5.41, 5.74) is 1.36. The Labute approximate surface area is 138 Å². The molecule has 1 aromatic carbocycles. The lowest BCUT2D eigenvalue weighted by molar-refractivity contribution is 0.627. The van der Waals surface area contributed by atoms with Crippen molar-refractivity contribution in [1.29, 1.82) is 5.26 Å². The van der Waals surface area contributed by atoms with Crippen molar-refractivity contribution in [2.75, 3.05) is 10.6 Å². The van der Waals surface area contributed by atoms with Crippen molar-refractivity contribution >= 4 is 17.5 Å². The van der Waals surface area contributed by atoms with E-state index in [0.717, 1.165) is 5.56 Å². The summed E-state index contributed by atoms with van der Waals surface area (Å²) < 4.78 is 12.9. The van der Waals surface area contributed by atoms with Crippen molar-refractivity contribution in [3.8, 4) is 6.07 Å². The number of pyridine rings is 1. The third-order valence-electron chi connectivity index (χ3n) is 3.16. The van der Waals surface area contributed by atoms with Crippen LogP contribution in [-0.4, -0.2) is 15.0 Å². The zero-order valence-corrected chi connectivity index (χ0v) is 12.6. The van der Waals surface area contributed by atoms with Crippen LogP contribution in [0, 0.1) is 17.1 Å². The molecule has 0 amide bonds. The third-order valence-corrected chi connectivity index (χ3v) is 3.16. The maximum absolute atomic E-state index is 12.9. The molecular formula is C17H13FN6. The van der Waals surface area contributed by atoms with Gasteiger partial charge in [-0.25, -0.2) is 14.4 Å². The summed E-state index contributed by atoms with van der Waals surface area (Å²) in [7, 11) is 0. The Kier molecular flexibility index (Phi) is 4.58. The standard InChI is InChI=1S/C17H13FN6/c18-14-3-1-12(2-4-14)10-22-15-7-13(9-19)8-16(23-15)24-17-11-20-5-6-21-17/h1-8,11H,10H2,(H2,21,22,23,24). The molecule has 0 saturated heterocycles. The number of nitrogens with one attached hydrogen (secondary N) is 2. The van der Waals surface area contributed by atoms with E-state index in [-0.39, 0.29) is 5.82 Å². The van der Waals surface area contributed by atoms with Crippen LogP contribution in [0.25, 0.3) is 0 Å². The Morgan fingerprint density at radius 3 is 2.54 bits per heavy atom. The summed E-state index contributed by atoms with van der Waals surface area (Å²) in [6.45, 7) is 0.465. The Hall–Kier alpha value is -3.53. The summed E-state index contributed by atoms with van der Waals surface area (Å²) in [6, 6.07) is 11.5. The number of rotatable bonds is 5. The van der Waals surface area contributed by atoms with Gasteiger partial charge < -0.3 is 10.6 Å². The molecule has 0 aliphatic carbocycles. The van der Waals surface area contributed by atoms with Gasteiger partial charge in [0.05, 0.1) is 17.8 Å². The van der Waals surface area contributed by atoms with Gasteiger partial charge >= 0.3 is 0 Å². The molecule has 0 atom stereocenters. The Bertz CT molecular complexity index is 858. The molecule has 0 fully saturated rings. The Morgan fingerprint density at radius 1 is 1.04 bits per heavy atom. The van der Waals surface area contributed by atoms with Crippen LogP contribution in [0.2, 0.25) is 0 Å². The van der Waals surface area contributed by atoms with Crippen molar-refractivity contribution in [3.63, 3.8) is 0 Å². The van der Waals surface area contributed by atoms with Crippen LogP contribution in [-0.2, 0) is 6.54 Å². The van der Waals surface area contributed by atoms with Crippen LogP contribution < -0.4 is 10.6 Å². The van der Waals surface area contributed by atoms with E-state index in [9.17, 15) is 4.39 Å². The van der Waals surface area contributed by atoms with Gasteiger partial charge in [0.25, 0.3) is 0 Å². The van der Waals surface area contributed by atoms with Crippen molar-refractivity contribution < 1.29 is 4.39 Å². The monoisotopic (exact) mass is 320 g/mol. The van der Waals surface area contributed by atoms with Crippen LogP contribution in [0.1, 0.15) is 11.1 Å². The molecule has 2 heterocycles. The van der Waals surface area contributed by atoms with Gasteiger partial charge in [-0.1, -0.05) is 12.1 Å². The number of halogens is 1. The minimum Gasteiger partial charge on any atom is -0.366 e. The molecule has 24 heavy (non-hydrogen) atoms. The first-order valence-electron chi connectivity index (χ1n) is 7.16. The molecule has 6 nitrogen and oxygen atoms in total. The van der Waals surface area contributed by atoms with Gasteiger partial charge in [-0.05, 0) is 29.8 Å². The molecule has 3 aromatic rings. The molecule has 0 spiro atoms. The number of nitrogens with zero attached hydrogens (tertiary/aromatic N) is 4. The van der Waals surface area contributed by atoms with Crippen molar-refractivity contribution in [2.24, 2.45) is 0 Å². The first kappa shape index (κ1) is 15.4. The number of hydrogen-bond donors (Lipinski definition) is 2. The summed E-state index contributed by atoms with van der Waals surface area (Å²) in [4.78, 5) is 12.5. The fourth-order valence-electron chi connectivity index (χ4n) is 2.04. The Balaban J connectivity index is 1.76. The van der Waals surface area contributed by atoms with Gasteiger partial charge in [-0.3, -0.25) is 4.98 Å². The first-order chi connectivity index (χ1) is 11.7. The summed E-state index contributed by atoms with van der Waals surface area (Å²) >= 11 is 0. The van der Waals surface area contributed by atoms with E-state index in [4.69, 9.17) is 5.26 Å². The minimum atomic E-state index is -0.279. The van der Waals surface area contributed by atoms with E-state index < -0.39 is 0 Å². The molecular weight excluding hydrogens is 307 g/mol. The topological polar surface area (TPSA) is 86.5 Å². The number of nitriles is 1. The highest BCUT2D eigenvalue weighted by Gasteiger charge is 2.04. The number of anilines is 3. The molecule has 2 N–H and O–H groups in total. The molecule has 118 valence electrons. The smallest absolute Gasteiger partial charge is 0.150 e. The second kappa shape index (κ2) is 7.15. The van der Waals surface area contributed by atoms with Crippen LogP contribution in [0.4, 0.5) is 21.8 Å². The largest absolute Gasteiger partial charge is 0.366 e. The van der Waals surface area contributed by atoms with Gasteiger partial charge in [0.1, 0.15) is 23.3 Å². The van der Waals surface area contributed by atoms with Gasteiger partial charge in [0.2, 0.25) is 0 Å². The zero-order chi connectivity index (χ0) is 16.8. The molecule has 0 unspecified atom stereocenters. The molecule has 0 aliphatic heterocycles. The summed E-state index contributed by atoms with van der Waals surface area (Å²) in [5, 5.41) is 15.3. The zero-order valence-electron chi connectivity index (χ0n) is 12.6. The second-order valence-electron chi connectivity index (χ2n) is 4.93. The van der Waals surface area contributed by atoms with Crippen molar-refractivity contribution in [1.82, 2.24) is 15.0 Å². The van der Waals surface area contributed by atoms with Gasteiger partial charge in [-0.15, -0.1) is 0 Å². The summed E-state index contributed by atoms with van der Waals surface area (Å²) in [5.74, 6) is 1.27. The predicted molar refractivity (Wildman–Crippen MR) is 88.0 cm³/mol. The van der Waals surface area contributed by atoms with Gasteiger partial charge in [-0.2, -0.15) is 5.26 Å². The number of hydrogen-bond acceptors (Lipinski definition) is 6. The fourth-order valence-corrected chi connectivity index (χ4v) is 2.04. The molecule has 3 rings (SSSR count). The van der Waals surface area contributed by atoms with Crippen molar-refractivity contribution in [2.45, 2.75) is 6.54 Å². The average Bonchev–Trinajstić information content (AvgIpc) is 2.62. The van der Waals surface area contributed by atoms with Crippen LogP contribution in [0.5, 0.6) is 0 Å². The van der Waals surface area contributed by atoms with Crippen LogP contribution in [0.3, 0.4) is 0 Å². The van der Waals surface area contributed by atoms with E-state index in [2.05, 4.69) is 31.7 Å². The van der Waals surface area contributed by atoms with Crippen LogP contribution >= 0.6 is 0 Å². The lowest BCUT2D eigenvalue weighted by Gasteiger charge is -2.09. The van der Waals surface area contributed by atoms with Gasteiger partial charge in [0.15, 0.2) is 0 Å². The molecule has 2 aromatic heterocycles. The summed E-state index contributed by atoms with van der Waals surface area (Å²) in [6.07, 6.45) is 4.69.